The molecule has 46 heavy (non-hydrogen) atoms. The molecule has 0 amide bonds. The van der Waals surface area contributed by atoms with Gasteiger partial charge in [-0.05, 0) is 79.8 Å². The van der Waals surface area contributed by atoms with Gasteiger partial charge in [0.15, 0.2) is 0 Å². The number of piperidine rings is 2. The number of carbonyl (C=O) groups excluding carboxylic acids is 1. The van der Waals surface area contributed by atoms with E-state index < -0.39 is 44.1 Å². The van der Waals surface area contributed by atoms with E-state index in [9.17, 15) is 21.6 Å². The van der Waals surface area contributed by atoms with E-state index in [0.29, 0.717) is 5.02 Å². The van der Waals surface area contributed by atoms with Crippen LogP contribution in [0.3, 0.4) is 0 Å². The van der Waals surface area contributed by atoms with Crippen LogP contribution >= 0.6 is 11.6 Å². The fourth-order valence-corrected chi connectivity index (χ4v) is 10.4. The minimum Gasteiger partial charge on any atom is -0.299 e. The second-order valence-electron chi connectivity index (χ2n) is 12.3. The molecule has 0 spiro atoms. The van der Waals surface area contributed by atoms with Crippen molar-refractivity contribution in [3.8, 4) is 0 Å². The second kappa shape index (κ2) is 12.7. The topological polar surface area (TPSA) is 91.8 Å². The van der Waals surface area contributed by atoms with Crippen molar-refractivity contribution in [2.45, 2.75) is 68.0 Å². The molecule has 6 rings (SSSR count). The third kappa shape index (κ3) is 6.07. The SMILES string of the molecule is CCc1ccc(C2CC(=O)[C@@H]3CN(S(=O)(=O)c4ccc(Cl)cc4)[C@H](c4ccc(C)cc4)C[C@@H]3N2S(=O)(=O)c2ccc(C)cc2)cc1. The van der Waals surface area contributed by atoms with Crippen LogP contribution < -0.4 is 0 Å². The summed E-state index contributed by atoms with van der Waals surface area (Å²) in [6, 6.07) is 25.8. The molecule has 0 N–H and O–H groups in total. The number of halogens is 1. The number of sulfonamides is 2. The highest BCUT2D eigenvalue weighted by Gasteiger charge is 2.54. The smallest absolute Gasteiger partial charge is 0.243 e. The molecule has 0 aromatic heterocycles. The van der Waals surface area contributed by atoms with E-state index in [1.165, 1.54) is 32.9 Å². The van der Waals surface area contributed by atoms with Gasteiger partial charge in [-0.1, -0.05) is 90.3 Å². The first-order valence-electron chi connectivity index (χ1n) is 15.5. The van der Waals surface area contributed by atoms with Crippen LogP contribution in [-0.4, -0.2) is 43.8 Å². The van der Waals surface area contributed by atoms with Crippen LogP contribution in [0.4, 0.5) is 0 Å². The summed E-state index contributed by atoms with van der Waals surface area (Å²) in [5.74, 6) is -1.00. The molecule has 2 fully saturated rings. The molecule has 2 aliphatic heterocycles. The van der Waals surface area contributed by atoms with E-state index in [1.807, 2.05) is 62.4 Å². The van der Waals surface area contributed by atoms with Gasteiger partial charge in [0.1, 0.15) is 5.78 Å². The van der Waals surface area contributed by atoms with Gasteiger partial charge < -0.3 is 0 Å². The number of carbonyl (C=O) groups is 1. The molecule has 4 atom stereocenters. The first-order valence-corrected chi connectivity index (χ1v) is 18.7. The zero-order chi connectivity index (χ0) is 32.8. The van der Waals surface area contributed by atoms with Crippen molar-refractivity contribution in [3.05, 3.63) is 130 Å². The summed E-state index contributed by atoms with van der Waals surface area (Å²) in [5, 5.41) is 0.408. The summed E-state index contributed by atoms with van der Waals surface area (Å²) in [6.45, 7) is 5.75. The molecule has 10 heteroatoms. The fraction of sp³-hybridized carbons (Fsp3) is 0.306. The fourth-order valence-electron chi connectivity index (χ4n) is 6.73. The van der Waals surface area contributed by atoms with Gasteiger partial charge >= 0.3 is 0 Å². The Balaban J connectivity index is 1.50. The van der Waals surface area contributed by atoms with Crippen LogP contribution in [0.5, 0.6) is 0 Å². The van der Waals surface area contributed by atoms with Crippen molar-refractivity contribution in [3.63, 3.8) is 0 Å². The highest BCUT2D eigenvalue weighted by Crippen LogP contribution is 2.48. The Morgan fingerprint density at radius 2 is 1.20 bits per heavy atom. The van der Waals surface area contributed by atoms with Gasteiger partial charge in [0, 0.05) is 29.9 Å². The average molecular weight is 677 g/mol. The Kier molecular flexibility index (Phi) is 8.99. The van der Waals surface area contributed by atoms with E-state index >= 15 is 0 Å². The van der Waals surface area contributed by atoms with Crippen LogP contribution in [0.1, 0.15) is 59.7 Å². The Morgan fingerprint density at radius 3 is 1.78 bits per heavy atom. The number of aryl methyl sites for hydroxylation is 3. The number of rotatable bonds is 7. The lowest BCUT2D eigenvalue weighted by Crippen LogP contribution is -2.60. The molecule has 4 aromatic carbocycles. The predicted octanol–water partition coefficient (Wildman–Crippen LogP) is 7.04. The van der Waals surface area contributed by atoms with Gasteiger partial charge in [-0.3, -0.25) is 4.79 Å². The third-order valence-electron chi connectivity index (χ3n) is 9.35. The molecule has 2 heterocycles. The summed E-state index contributed by atoms with van der Waals surface area (Å²) in [5.41, 5.74) is 4.52. The van der Waals surface area contributed by atoms with Gasteiger partial charge in [-0.2, -0.15) is 8.61 Å². The minimum atomic E-state index is -4.11. The molecule has 240 valence electrons. The lowest BCUT2D eigenvalue weighted by atomic mass is 9.77. The zero-order valence-corrected chi connectivity index (χ0v) is 28.4. The number of hydrogen-bond donors (Lipinski definition) is 0. The van der Waals surface area contributed by atoms with E-state index in [4.69, 9.17) is 11.6 Å². The Hall–Kier alpha value is -3.34. The summed E-state index contributed by atoms with van der Waals surface area (Å²) in [4.78, 5) is 14.3. The first-order chi connectivity index (χ1) is 21.9. The molecular weight excluding hydrogens is 640 g/mol. The predicted molar refractivity (Wildman–Crippen MR) is 180 cm³/mol. The van der Waals surface area contributed by atoms with Crippen molar-refractivity contribution < 1.29 is 21.6 Å². The Labute approximate surface area is 276 Å². The van der Waals surface area contributed by atoms with Gasteiger partial charge in [0.05, 0.1) is 21.9 Å². The quantitative estimate of drug-likeness (QED) is 0.209. The van der Waals surface area contributed by atoms with Gasteiger partial charge in [0.25, 0.3) is 0 Å². The molecule has 2 aliphatic rings. The number of nitrogens with zero attached hydrogens (tertiary/aromatic N) is 2. The highest BCUT2D eigenvalue weighted by atomic mass is 35.5. The van der Waals surface area contributed by atoms with E-state index in [0.717, 1.165) is 34.2 Å². The van der Waals surface area contributed by atoms with E-state index in [-0.39, 0.29) is 35.0 Å². The van der Waals surface area contributed by atoms with E-state index in [1.54, 1.807) is 24.3 Å². The second-order valence-corrected chi connectivity index (χ2v) is 16.5. The van der Waals surface area contributed by atoms with Crippen LogP contribution in [0, 0.1) is 19.8 Å². The van der Waals surface area contributed by atoms with Crippen LogP contribution in [0.2, 0.25) is 5.02 Å². The summed E-state index contributed by atoms with van der Waals surface area (Å²) in [6.07, 6.45) is 0.888. The largest absolute Gasteiger partial charge is 0.299 e. The number of fused-ring (bicyclic) bond motifs is 1. The van der Waals surface area contributed by atoms with Gasteiger partial charge in [-0.25, -0.2) is 16.8 Å². The van der Waals surface area contributed by atoms with E-state index in [2.05, 4.69) is 6.92 Å². The van der Waals surface area contributed by atoms with Crippen molar-refractivity contribution >= 4 is 37.4 Å². The molecule has 0 bridgehead atoms. The maximum Gasteiger partial charge on any atom is 0.243 e. The molecule has 0 aliphatic carbocycles. The molecule has 2 saturated heterocycles. The summed E-state index contributed by atoms with van der Waals surface area (Å²) in [7, 11) is -8.20. The van der Waals surface area contributed by atoms with Gasteiger partial charge in [-0.15, -0.1) is 0 Å². The van der Waals surface area contributed by atoms with Crippen molar-refractivity contribution in [1.29, 1.82) is 0 Å². The number of hydrogen-bond acceptors (Lipinski definition) is 5. The maximum atomic E-state index is 14.7. The molecule has 0 saturated carbocycles. The Morgan fingerprint density at radius 1 is 0.696 bits per heavy atom. The monoisotopic (exact) mass is 676 g/mol. The number of Topliss-reactive ketones (excluding diaryl/α,β-unsaturated/α-hetero) is 1. The van der Waals surface area contributed by atoms with Crippen LogP contribution in [-0.2, 0) is 31.3 Å². The standard InChI is InChI=1S/C36H37ClN2O5S2/c1-4-26-9-13-28(14-10-26)34-22-36(40)32-23-38(45(41,42)30-19-15-29(37)16-20-30)33(27-11-5-24(2)6-12-27)21-35(32)39(34)46(43,44)31-17-7-25(3)8-18-31/h5-20,32-35H,4,21-23H2,1-3H3/t32-,33+,34?,35+/m1/s1. The maximum absolute atomic E-state index is 14.7. The van der Waals surface area contributed by atoms with Gasteiger partial charge in [0.2, 0.25) is 20.0 Å². The average Bonchev–Trinajstić information content (AvgIpc) is 3.05. The third-order valence-corrected chi connectivity index (χ3v) is 13.4. The van der Waals surface area contributed by atoms with Crippen molar-refractivity contribution in [2.75, 3.05) is 6.54 Å². The highest BCUT2D eigenvalue weighted by molar-refractivity contribution is 7.89. The summed E-state index contributed by atoms with van der Waals surface area (Å²) < 4.78 is 60.7. The molecule has 1 unspecified atom stereocenters. The number of ketones is 1. The molecule has 4 aromatic rings. The molecule has 0 radical (unpaired) electrons. The Bertz CT molecular complexity index is 1950. The number of benzene rings is 4. The zero-order valence-electron chi connectivity index (χ0n) is 26.0. The minimum absolute atomic E-state index is 0.0538. The normalized spacial score (nSPS) is 22.8. The summed E-state index contributed by atoms with van der Waals surface area (Å²) >= 11 is 6.08. The first kappa shape index (κ1) is 32.6. The van der Waals surface area contributed by atoms with Crippen LogP contribution in [0.15, 0.2) is 107 Å². The van der Waals surface area contributed by atoms with Crippen molar-refractivity contribution in [2.24, 2.45) is 5.92 Å². The van der Waals surface area contributed by atoms with Crippen LogP contribution in [0.25, 0.3) is 0 Å². The lowest BCUT2D eigenvalue weighted by Gasteiger charge is -2.51. The molecule has 7 nitrogen and oxygen atoms in total. The molecular formula is C36H37ClN2O5S2. The lowest BCUT2D eigenvalue weighted by molar-refractivity contribution is -0.132. The van der Waals surface area contributed by atoms with Crippen molar-refractivity contribution in [1.82, 2.24) is 8.61 Å².